The minimum absolute atomic E-state index is 1.12. The van der Waals surface area contributed by atoms with Crippen molar-refractivity contribution in [3.05, 3.63) is 24.3 Å². The first kappa shape index (κ1) is 19.0. The number of unbranched alkanes of at least 4 members (excludes halogenated alkanes) is 9. The molecule has 112 valence electrons. The van der Waals surface area contributed by atoms with Crippen LogP contribution in [0, 0.1) is 0 Å². The summed E-state index contributed by atoms with van der Waals surface area (Å²) in [4.78, 5) is 0. The molecule has 0 rings (SSSR count). The van der Waals surface area contributed by atoms with Gasteiger partial charge in [-0.25, -0.2) is 0 Å². The molecule has 0 aromatic rings. The van der Waals surface area contributed by atoms with E-state index < -0.39 is 0 Å². The summed E-state index contributed by atoms with van der Waals surface area (Å²) in [7, 11) is 0. The highest BCUT2D eigenvalue weighted by Crippen LogP contribution is 2.07. The van der Waals surface area contributed by atoms with Crippen molar-refractivity contribution in [3.63, 3.8) is 0 Å². The zero-order chi connectivity index (χ0) is 14.0. The molecular weight excluding hydrogens is 296 g/mol. The Hall–Kier alpha value is -0.0400. The van der Waals surface area contributed by atoms with E-state index in [0.717, 1.165) is 11.8 Å². The third-order valence-corrected chi connectivity index (χ3v) is 3.89. The summed E-state index contributed by atoms with van der Waals surface area (Å²) in [5, 5.41) is 1.15. The SMILES string of the molecule is CCCCCCCC/C=C\C/C=C\CCCCCBr. The Balaban J connectivity index is 3.14. The van der Waals surface area contributed by atoms with Gasteiger partial charge in [-0.3, -0.25) is 0 Å². The van der Waals surface area contributed by atoms with E-state index in [1.807, 2.05) is 0 Å². The zero-order valence-corrected chi connectivity index (χ0v) is 14.5. The molecule has 0 atom stereocenters. The van der Waals surface area contributed by atoms with E-state index in [2.05, 4.69) is 47.2 Å². The Kier molecular flexibility index (Phi) is 17.9. The molecule has 0 heterocycles. The first-order valence-corrected chi connectivity index (χ1v) is 9.40. The predicted octanol–water partition coefficient (Wildman–Crippen LogP) is 7.19. The third kappa shape index (κ3) is 18.0. The van der Waals surface area contributed by atoms with Gasteiger partial charge in [0.15, 0.2) is 0 Å². The monoisotopic (exact) mass is 328 g/mol. The average molecular weight is 329 g/mol. The molecule has 0 nitrogen and oxygen atoms in total. The average Bonchev–Trinajstić information content (AvgIpc) is 2.43. The van der Waals surface area contributed by atoms with Gasteiger partial charge in [0.05, 0.1) is 0 Å². The maximum absolute atomic E-state index is 3.46. The molecule has 0 unspecified atom stereocenters. The van der Waals surface area contributed by atoms with Gasteiger partial charge in [0.1, 0.15) is 0 Å². The molecule has 0 aromatic heterocycles. The van der Waals surface area contributed by atoms with Gasteiger partial charge in [0.25, 0.3) is 0 Å². The van der Waals surface area contributed by atoms with E-state index in [1.54, 1.807) is 0 Å². The largest absolute Gasteiger partial charge is 0.0928 e. The summed E-state index contributed by atoms with van der Waals surface area (Å²) >= 11 is 3.46. The highest BCUT2D eigenvalue weighted by atomic mass is 79.9. The number of halogens is 1. The number of hydrogen-bond acceptors (Lipinski definition) is 0. The van der Waals surface area contributed by atoms with Gasteiger partial charge in [0, 0.05) is 5.33 Å². The van der Waals surface area contributed by atoms with Crippen LogP contribution in [0.5, 0.6) is 0 Å². The lowest BCUT2D eigenvalue weighted by Crippen LogP contribution is -1.77. The maximum Gasteiger partial charge on any atom is 0.00313 e. The van der Waals surface area contributed by atoms with Crippen LogP contribution in [-0.4, -0.2) is 5.33 Å². The van der Waals surface area contributed by atoms with Crippen molar-refractivity contribution in [2.45, 2.75) is 84.0 Å². The molecule has 0 spiro atoms. The van der Waals surface area contributed by atoms with E-state index in [0.29, 0.717) is 0 Å². The Morgan fingerprint density at radius 1 is 0.632 bits per heavy atom. The van der Waals surface area contributed by atoms with Gasteiger partial charge in [-0.1, -0.05) is 85.7 Å². The van der Waals surface area contributed by atoms with E-state index >= 15 is 0 Å². The second kappa shape index (κ2) is 18.0. The van der Waals surface area contributed by atoms with E-state index in [-0.39, 0.29) is 0 Å². The molecule has 0 fully saturated rings. The molecule has 0 N–H and O–H groups in total. The van der Waals surface area contributed by atoms with Crippen LogP contribution in [0.2, 0.25) is 0 Å². The van der Waals surface area contributed by atoms with Gasteiger partial charge in [0.2, 0.25) is 0 Å². The topological polar surface area (TPSA) is 0 Å². The number of hydrogen-bond donors (Lipinski definition) is 0. The summed E-state index contributed by atoms with van der Waals surface area (Å²) < 4.78 is 0. The molecule has 0 aliphatic carbocycles. The van der Waals surface area contributed by atoms with E-state index in [9.17, 15) is 0 Å². The molecule has 1 heteroatoms. The fraction of sp³-hybridized carbons (Fsp3) is 0.778. The molecule has 0 aliphatic rings. The second-order valence-corrected chi connectivity index (χ2v) is 6.07. The maximum atomic E-state index is 3.46. The summed E-state index contributed by atoms with van der Waals surface area (Å²) in [5.41, 5.74) is 0. The molecule has 19 heavy (non-hydrogen) atoms. The Labute approximate surface area is 129 Å². The number of alkyl halides is 1. The van der Waals surface area contributed by atoms with Crippen LogP contribution < -0.4 is 0 Å². The van der Waals surface area contributed by atoms with Crippen LogP contribution in [0.3, 0.4) is 0 Å². The smallest absolute Gasteiger partial charge is 0.00313 e. The van der Waals surface area contributed by atoms with Gasteiger partial charge in [-0.05, 0) is 38.5 Å². The van der Waals surface area contributed by atoms with Crippen LogP contribution >= 0.6 is 15.9 Å². The van der Waals surface area contributed by atoms with E-state index in [4.69, 9.17) is 0 Å². The lowest BCUT2D eigenvalue weighted by atomic mass is 10.1. The van der Waals surface area contributed by atoms with Crippen molar-refractivity contribution < 1.29 is 0 Å². The molecule has 0 radical (unpaired) electrons. The highest BCUT2D eigenvalue weighted by Gasteiger charge is 1.87. The van der Waals surface area contributed by atoms with Crippen LogP contribution in [0.1, 0.15) is 84.0 Å². The van der Waals surface area contributed by atoms with Crippen molar-refractivity contribution in [1.29, 1.82) is 0 Å². The fourth-order valence-corrected chi connectivity index (χ4v) is 2.48. The molecule has 0 aliphatic heterocycles. The number of allylic oxidation sites excluding steroid dienone is 4. The van der Waals surface area contributed by atoms with Crippen LogP contribution in [0.15, 0.2) is 24.3 Å². The Bertz CT molecular complexity index is 206. The Morgan fingerprint density at radius 3 is 1.74 bits per heavy atom. The summed E-state index contributed by atoms with van der Waals surface area (Å²) in [6.07, 6.45) is 25.4. The van der Waals surface area contributed by atoms with Crippen LogP contribution in [0.25, 0.3) is 0 Å². The van der Waals surface area contributed by atoms with Crippen LogP contribution in [-0.2, 0) is 0 Å². The van der Waals surface area contributed by atoms with Crippen LogP contribution in [0.4, 0.5) is 0 Å². The van der Waals surface area contributed by atoms with Crippen molar-refractivity contribution in [2.24, 2.45) is 0 Å². The summed E-state index contributed by atoms with van der Waals surface area (Å²) in [6.45, 7) is 2.28. The molecule has 0 amide bonds. The molecule has 0 saturated heterocycles. The first-order chi connectivity index (χ1) is 9.41. The van der Waals surface area contributed by atoms with Crippen molar-refractivity contribution in [1.82, 2.24) is 0 Å². The quantitative estimate of drug-likeness (QED) is 0.180. The number of rotatable bonds is 14. The minimum atomic E-state index is 1.12. The Morgan fingerprint density at radius 2 is 1.16 bits per heavy atom. The van der Waals surface area contributed by atoms with Gasteiger partial charge >= 0.3 is 0 Å². The molecule has 0 aromatic carbocycles. The summed E-state index contributed by atoms with van der Waals surface area (Å²) in [6, 6.07) is 0. The first-order valence-electron chi connectivity index (χ1n) is 8.27. The van der Waals surface area contributed by atoms with E-state index in [1.165, 1.54) is 70.6 Å². The normalized spacial score (nSPS) is 11.9. The summed E-state index contributed by atoms with van der Waals surface area (Å²) in [5.74, 6) is 0. The highest BCUT2D eigenvalue weighted by molar-refractivity contribution is 9.09. The molecule has 0 saturated carbocycles. The van der Waals surface area contributed by atoms with Crippen molar-refractivity contribution >= 4 is 15.9 Å². The van der Waals surface area contributed by atoms with Crippen molar-refractivity contribution in [3.8, 4) is 0 Å². The molecule has 0 bridgehead atoms. The fourth-order valence-electron chi connectivity index (χ4n) is 2.08. The van der Waals surface area contributed by atoms with Gasteiger partial charge in [-0.15, -0.1) is 0 Å². The lowest BCUT2D eigenvalue weighted by Gasteiger charge is -1.97. The molecular formula is C18H33Br. The van der Waals surface area contributed by atoms with Gasteiger partial charge < -0.3 is 0 Å². The standard InChI is InChI=1S/C18H33Br/c1-2-3-4-5-6-7-8-9-10-11-12-13-14-15-16-17-18-19/h9-10,12-13H,2-8,11,14-18H2,1H3/b10-9-,13-12-. The predicted molar refractivity (Wildman–Crippen MR) is 93.2 cm³/mol. The van der Waals surface area contributed by atoms with Gasteiger partial charge in [-0.2, -0.15) is 0 Å². The van der Waals surface area contributed by atoms with Crippen molar-refractivity contribution in [2.75, 3.05) is 5.33 Å². The second-order valence-electron chi connectivity index (χ2n) is 5.27. The lowest BCUT2D eigenvalue weighted by molar-refractivity contribution is 0.611. The zero-order valence-electron chi connectivity index (χ0n) is 12.9. The third-order valence-electron chi connectivity index (χ3n) is 3.33. The minimum Gasteiger partial charge on any atom is -0.0928 e.